The summed E-state index contributed by atoms with van der Waals surface area (Å²) < 4.78 is 25.0. The number of nitrogens with one attached hydrogen (secondary N) is 1. The SMILES string of the molecule is Cc1ccccc1CN1CCCC[C@@H]1c1nc2c(c(=O)[nH]1)CN(S(C)(=O)=O)CC2. The van der Waals surface area contributed by atoms with E-state index in [9.17, 15) is 13.2 Å². The molecule has 8 heteroatoms. The first-order valence-corrected chi connectivity index (χ1v) is 12.0. The third-order valence-electron chi connectivity index (χ3n) is 6.08. The number of nitrogens with zero attached hydrogens (tertiary/aromatic N) is 3. The van der Waals surface area contributed by atoms with Gasteiger partial charge in [-0.1, -0.05) is 30.7 Å². The molecule has 2 aliphatic heterocycles. The molecule has 0 aliphatic carbocycles. The summed E-state index contributed by atoms with van der Waals surface area (Å²) in [5.41, 5.74) is 3.57. The number of hydrogen-bond donors (Lipinski definition) is 1. The van der Waals surface area contributed by atoms with E-state index in [0.717, 1.165) is 43.9 Å². The van der Waals surface area contributed by atoms with Crippen molar-refractivity contribution in [2.45, 2.75) is 51.7 Å². The van der Waals surface area contributed by atoms with Crippen LogP contribution in [0.4, 0.5) is 0 Å². The van der Waals surface area contributed by atoms with Gasteiger partial charge in [0.05, 0.1) is 23.6 Å². The lowest BCUT2D eigenvalue weighted by molar-refractivity contribution is 0.133. The van der Waals surface area contributed by atoms with Crippen LogP contribution >= 0.6 is 0 Å². The van der Waals surface area contributed by atoms with E-state index in [1.54, 1.807) is 0 Å². The molecule has 7 nitrogen and oxygen atoms in total. The number of benzene rings is 1. The largest absolute Gasteiger partial charge is 0.309 e. The van der Waals surface area contributed by atoms with Gasteiger partial charge in [-0.2, -0.15) is 4.31 Å². The number of piperidine rings is 1. The molecule has 1 N–H and O–H groups in total. The molecule has 156 valence electrons. The number of aromatic nitrogens is 2. The first-order valence-electron chi connectivity index (χ1n) is 10.2. The summed E-state index contributed by atoms with van der Waals surface area (Å²) >= 11 is 0. The summed E-state index contributed by atoms with van der Waals surface area (Å²) in [4.78, 5) is 23.0. The van der Waals surface area contributed by atoms with E-state index in [4.69, 9.17) is 4.98 Å². The van der Waals surface area contributed by atoms with Crippen molar-refractivity contribution in [3.8, 4) is 0 Å². The van der Waals surface area contributed by atoms with Crippen molar-refractivity contribution in [1.29, 1.82) is 0 Å². The molecular weight excluding hydrogens is 388 g/mol. The van der Waals surface area contributed by atoms with Crippen molar-refractivity contribution >= 4 is 10.0 Å². The van der Waals surface area contributed by atoms with E-state index in [0.29, 0.717) is 18.5 Å². The fourth-order valence-corrected chi connectivity index (χ4v) is 5.14. The Hall–Kier alpha value is -2.03. The van der Waals surface area contributed by atoms with Gasteiger partial charge in [-0.05, 0) is 37.4 Å². The van der Waals surface area contributed by atoms with Crippen LogP contribution in [-0.2, 0) is 29.5 Å². The Morgan fingerprint density at radius 1 is 1.21 bits per heavy atom. The molecule has 0 amide bonds. The Labute approximate surface area is 171 Å². The molecule has 1 aromatic carbocycles. The van der Waals surface area contributed by atoms with Crippen LogP contribution < -0.4 is 5.56 Å². The highest BCUT2D eigenvalue weighted by Crippen LogP contribution is 2.31. The fourth-order valence-electron chi connectivity index (χ4n) is 4.36. The van der Waals surface area contributed by atoms with Crippen molar-refractivity contribution < 1.29 is 8.42 Å². The number of sulfonamides is 1. The van der Waals surface area contributed by atoms with Crippen molar-refractivity contribution in [1.82, 2.24) is 19.2 Å². The summed E-state index contributed by atoms with van der Waals surface area (Å²) in [5, 5.41) is 0. The second-order valence-corrected chi connectivity index (χ2v) is 10.1. The van der Waals surface area contributed by atoms with Crippen LogP contribution in [0.2, 0.25) is 0 Å². The van der Waals surface area contributed by atoms with Gasteiger partial charge in [-0.15, -0.1) is 0 Å². The quantitative estimate of drug-likeness (QED) is 0.825. The van der Waals surface area contributed by atoms with Gasteiger partial charge in [0.1, 0.15) is 5.82 Å². The number of fused-ring (bicyclic) bond motifs is 1. The van der Waals surface area contributed by atoms with Crippen LogP contribution in [-0.4, -0.2) is 46.9 Å². The number of aromatic amines is 1. The third-order valence-corrected chi connectivity index (χ3v) is 7.33. The zero-order valence-corrected chi connectivity index (χ0v) is 17.8. The smallest absolute Gasteiger partial charge is 0.255 e. The molecule has 2 aromatic rings. The lowest BCUT2D eigenvalue weighted by atomic mass is 9.98. The van der Waals surface area contributed by atoms with Crippen molar-refractivity contribution in [2.24, 2.45) is 0 Å². The van der Waals surface area contributed by atoms with E-state index >= 15 is 0 Å². The number of likely N-dealkylation sites (tertiary alicyclic amines) is 1. The molecule has 0 saturated carbocycles. The van der Waals surface area contributed by atoms with Crippen molar-refractivity contribution in [2.75, 3.05) is 19.3 Å². The van der Waals surface area contributed by atoms with Crippen LogP contribution in [0.5, 0.6) is 0 Å². The molecule has 3 heterocycles. The summed E-state index contributed by atoms with van der Waals surface area (Å²) in [5.74, 6) is 0.717. The maximum atomic E-state index is 12.8. The van der Waals surface area contributed by atoms with E-state index in [2.05, 4.69) is 41.1 Å². The predicted octanol–water partition coefficient (Wildman–Crippen LogP) is 2.12. The monoisotopic (exact) mass is 416 g/mol. The van der Waals surface area contributed by atoms with Gasteiger partial charge in [-0.25, -0.2) is 13.4 Å². The molecule has 1 aromatic heterocycles. The molecule has 2 aliphatic rings. The summed E-state index contributed by atoms with van der Waals surface area (Å²) in [7, 11) is -3.32. The summed E-state index contributed by atoms with van der Waals surface area (Å²) in [6.45, 7) is 4.41. The Morgan fingerprint density at radius 3 is 2.76 bits per heavy atom. The zero-order valence-electron chi connectivity index (χ0n) is 17.0. The van der Waals surface area contributed by atoms with Gasteiger partial charge in [0.2, 0.25) is 10.0 Å². The van der Waals surface area contributed by atoms with Gasteiger partial charge < -0.3 is 4.98 Å². The lowest BCUT2D eigenvalue weighted by Gasteiger charge is -2.36. The first kappa shape index (κ1) is 20.3. The van der Waals surface area contributed by atoms with Crippen molar-refractivity contribution in [3.05, 3.63) is 62.8 Å². The number of rotatable bonds is 4. The highest BCUT2D eigenvalue weighted by atomic mass is 32.2. The molecule has 29 heavy (non-hydrogen) atoms. The minimum atomic E-state index is -3.32. The second-order valence-electron chi connectivity index (χ2n) is 8.13. The Balaban J connectivity index is 1.62. The van der Waals surface area contributed by atoms with Gasteiger partial charge in [0.25, 0.3) is 5.56 Å². The van der Waals surface area contributed by atoms with Gasteiger partial charge in [0.15, 0.2) is 0 Å². The van der Waals surface area contributed by atoms with E-state index in [1.165, 1.54) is 21.7 Å². The Kier molecular flexibility index (Phi) is 5.59. The number of H-pyrrole nitrogens is 1. The molecular formula is C21H28N4O3S. The van der Waals surface area contributed by atoms with Gasteiger partial charge in [0, 0.05) is 26.1 Å². The third kappa shape index (κ3) is 4.29. The summed E-state index contributed by atoms with van der Waals surface area (Å²) in [6, 6.07) is 8.47. The topological polar surface area (TPSA) is 86.4 Å². The van der Waals surface area contributed by atoms with E-state index < -0.39 is 10.0 Å². The highest BCUT2D eigenvalue weighted by molar-refractivity contribution is 7.88. The van der Waals surface area contributed by atoms with Crippen LogP contribution in [0.3, 0.4) is 0 Å². The molecule has 1 fully saturated rings. The molecule has 1 atom stereocenters. The van der Waals surface area contributed by atoms with Crippen LogP contribution in [0.1, 0.15) is 53.5 Å². The van der Waals surface area contributed by atoms with E-state index in [1.807, 2.05) is 0 Å². The van der Waals surface area contributed by atoms with Crippen molar-refractivity contribution in [3.63, 3.8) is 0 Å². The molecule has 0 unspecified atom stereocenters. The average molecular weight is 417 g/mol. The first-order chi connectivity index (χ1) is 13.8. The van der Waals surface area contributed by atoms with Crippen LogP contribution in [0, 0.1) is 6.92 Å². The highest BCUT2D eigenvalue weighted by Gasteiger charge is 2.30. The minimum Gasteiger partial charge on any atom is -0.309 e. The number of aryl methyl sites for hydroxylation is 1. The second kappa shape index (κ2) is 8.01. The molecule has 0 spiro atoms. The maximum absolute atomic E-state index is 12.8. The van der Waals surface area contributed by atoms with Crippen LogP contribution in [0.25, 0.3) is 0 Å². The zero-order chi connectivity index (χ0) is 20.6. The van der Waals surface area contributed by atoms with E-state index in [-0.39, 0.29) is 18.1 Å². The van der Waals surface area contributed by atoms with Crippen LogP contribution in [0.15, 0.2) is 29.1 Å². The predicted molar refractivity (Wildman–Crippen MR) is 112 cm³/mol. The standard InChI is InChI=1S/C21H28N4O3S/c1-15-7-3-4-8-16(15)13-24-11-6-5-9-19(24)20-22-18-10-12-25(29(2,27)28)14-17(18)21(26)23-20/h3-4,7-8,19H,5-6,9-14H2,1-2H3,(H,22,23,26)/t19-/m1/s1. The Morgan fingerprint density at radius 2 is 2.00 bits per heavy atom. The molecule has 0 radical (unpaired) electrons. The molecule has 1 saturated heterocycles. The summed E-state index contributed by atoms with van der Waals surface area (Å²) in [6.07, 6.45) is 4.87. The minimum absolute atomic E-state index is 0.0780. The Bertz CT molecular complexity index is 1060. The maximum Gasteiger partial charge on any atom is 0.255 e. The molecule has 0 bridgehead atoms. The fraction of sp³-hybridized carbons (Fsp3) is 0.524. The van der Waals surface area contributed by atoms with Gasteiger partial charge >= 0.3 is 0 Å². The van der Waals surface area contributed by atoms with Gasteiger partial charge in [-0.3, -0.25) is 9.69 Å². The lowest BCUT2D eigenvalue weighted by Crippen LogP contribution is -2.40. The number of hydrogen-bond acceptors (Lipinski definition) is 5. The average Bonchev–Trinajstić information content (AvgIpc) is 2.69. The molecule has 4 rings (SSSR count). The normalized spacial score (nSPS) is 21.1.